The van der Waals surface area contributed by atoms with Gasteiger partial charge in [-0.05, 0) is 60.0 Å². The summed E-state index contributed by atoms with van der Waals surface area (Å²) in [6, 6.07) is 54.0. The van der Waals surface area contributed by atoms with E-state index in [4.69, 9.17) is 9.97 Å². The van der Waals surface area contributed by atoms with Crippen LogP contribution in [0.15, 0.2) is 152 Å². The van der Waals surface area contributed by atoms with Gasteiger partial charge in [-0.2, -0.15) is 0 Å². The minimum atomic E-state index is 0.877. The summed E-state index contributed by atoms with van der Waals surface area (Å²) in [6.07, 6.45) is 0. The van der Waals surface area contributed by atoms with Gasteiger partial charge in [-0.1, -0.05) is 97.1 Å². The summed E-state index contributed by atoms with van der Waals surface area (Å²) in [5.41, 5.74) is 8.73. The van der Waals surface area contributed by atoms with Gasteiger partial charge < -0.3 is 0 Å². The lowest BCUT2D eigenvalue weighted by atomic mass is 10.0. The number of nitrogens with zero attached hydrogens (tertiary/aromatic N) is 5. The molecule has 0 radical (unpaired) electrons. The first-order chi connectivity index (χ1) is 23.3. The zero-order valence-electron chi connectivity index (χ0n) is 25.2. The third-order valence-electron chi connectivity index (χ3n) is 9.81. The van der Waals surface area contributed by atoms with E-state index in [2.05, 4.69) is 165 Å². The van der Waals surface area contributed by atoms with Crippen LogP contribution in [0.4, 0.5) is 0 Å². The first-order valence-electron chi connectivity index (χ1n) is 15.9. The molecule has 5 heteroatoms. The molecule has 0 bridgehead atoms. The molecule has 0 aliphatic carbocycles. The molecule has 0 fully saturated rings. The molecule has 0 N–H and O–H groups in total. The van der Waals surface area contributed by atoms with E-state index in [-0.39, 0.29) is 0 Å². The van der Waals surface area contributed by atoms with E-state index in [1.807, 2.05) is 0 Å². The van der Waals surface area contributed by atoms with E-state index in [1.54, 1.807) is 0 Å². The summed E-state index contributed by atoms with van der Waals surface area (Å²) in [5, 5.41) is 8.41. The molecule has 0 aliphatic heterocycles. The van der Waals surface area contributed by atoms with Gasteiger partial charge in [0.05, 0.1) is 38.6 Å². The third-order valence-corrected chi connectivity index (χ3v) is 9.81. The maximum absolute atomic E-state index is 5.40. The van der Waals surface area contributed by atoms with Crippen molar-refractivity contribution in [3.8, 4) is 11.6 Å². The number of benzene rings is 6. The standard InChI is InChI=1S/C42H25N5/c1-2-16-30-26(12-1)31-24-32-29-15-5-9-20-36(29)46(38(32)25-39(31)47-37-21-10-6-17-33(37)43-42(30)47)41-23-11-22-40(44-41)45-34-18-7-3-13-27(34)28-14-4-8-19-35(28)45/h1-25H. The highest BCUT2D eigenvalue weighted by Gasteiger charge is 2.20. The van der Waals surface area contributed by atoms with Crippen molar-refractivity contribution >= 4 is 82.0 Å². The largest absolute Gasteiger partial charge is 0.294 e. The Morgan fingerprint density at radius 1 is 0.319 bits per heavy atom. The van der Waals surface area contributed by atoms with Gasteiger partial charge >= 0.3 is 0 Å². The summed E-state index contributed by atoms with van der Waals surface area (Å²) < 4.78 is 6.93. The van der Waals surface area contributed by atoms with Crippen molar-refractivity contribution < 1.29 is 0 Å². The van der Waals surface area contributed by atoms with Crippen LogP contribution in [0.2, 0.25) is 0 Å². The summed E-state index contributed by atoms with van der Waals surface area (Å²) in [7, 11) is 0. The van der Waals surface area contributed by atoms with Crippen LogP contribution in [-0.4, -0.2) is 23.5 Å². The zero-order valence-corrected chi connectivity index (χ0v) is 25.2. The van der Waals surface area contributed by atoms with Gasteiger partial charge in [0.15, 0.2) is 0 Å². The highest BCUT2D eigenvalue weighted by Crippen LogP contribution is 2.39. The Labute approximate surface area is 268 Å². The Bertz CT molecular complexity index is 3030. The molecule has 0 saturated heterocycles. The van der Waals surface area contributed by atoms with Gasteiger partial charge in [0.2, 0.25) is 0 Å². The second-order valence-electron chi connectivity index (χ2n) is 12.3. The molecule has 5 nitrogen and oxygen atoms in total. The lowest BCUT2D eigenvalue weighted by Gasteiger charge is -2.13. The minimum Gasteiger partial charge on any atom is -0.294 e. The van der Waals surface area contributed by atoms with Gasteiger partial charge in [-0.3, -0.25) is 13.5 Å². The van der Waals surface area contributed by atoms with Crippen LogP contribution in [0.1, 0.15) is 0 Å². The average molecular weight is 600 g/mol. The van der Waals surface area contributed by atoms with Crippen molar-refractivity contribution in [2.75, 3.05) is 0 Å². The zero-order chi connectivity index (χ0) is 30.6. The van der Waals surface area contributed by atoms with Crippen LogP contribution in [0.3, 0.4) is 0 Å². The highest BCUT2D eigenvalue weighted by molar-refractivity contribution is 6.20. The van der Waals surface area contributed by atoms with E-state index in [0.717, 1.165) is 61.3 Å². The van der Waals surface area contributed by atoms with Gasteiger partial charge in [-0.15, -0.1) is 0 Å². The highest BCUT2D eigenvalue weighted by atomic mass is 15.1. The van der Waals surface area contributed by atoms with Gasteiger partial charge in [0, 0.05) is 32.3 Å². The van der Waals surface area contributed by atoms with E-state index < -0.39 is 0 Å². The number of para-hydroxylation sites is 5. The van der Waals surface area contributed by atoms with E-state index in [1.165, 1.54) is 32.3 Å². The molecule has 11 aromatic rings. The second-order valence-corrected chi connectivity index (χ2v) is 12.3. The predicted molar refractivity (Wildman–Crippen MR) is 194 cm³/mol. The summed E-state index contributed by atoms with van der Waals surface area (Å²) in [6.45, 7) is 0. The fraction of sp³-hybridized carbons (Fsp3) is 0. The van der Waals surface area contributed by atoms with Crippen molar-refractivity contribution in [1.82, 2.24) is 23.5 Å². The van der Waals surface area contributed by atoms with Crippen LogP contribution in [0.5, 0.6) is 0 Å². The van der Waals surface area contributed by atoms with Gasteiger partial charge in [-0.25, -0.2) is 9.97 Å². The minimum absolute atomic E-state index is 0.877. The SMILES string of the molecule is c1cc(-n2c3ccccc3c3ccccc32)nc(-n2c3ccccc3c3cc4c5ccccc5c5nc6ccccc6n5c4cc32)c1. The molecule has 47 heavy (non-hydrogen) atoms. The maximum atomic E-state index is 5.40. The normalized spacial score (nSPS) is 12.3. The molecule has 0 spiro atoms. The summed E-state index contributed by atoms with van der Waals surface area (Å²) >= 11 is 0. The first-order valence-corrected chi connectivity index (χ1v) is 15.9. The van der Waals surface area contributed by atoms with Crippen molar-refractivity contribution in [2.45, 2.75) is 0 Å². The van der Waals surface area contributed by atoms with Crippen molar-refractivity contribution in [2.24, 2.45) is 0 Å². The Morgan fingerprint density at radius 3 is 1.47 bits per heavy atom. The lowest BCUT2D eigenvalue weighted by Crippen LogP contribution is -2.03. The molecule has 218 valence electrons. The van der Waals surface area contributed by atoms with Crippen LogP contribution in [0, 0.1) is 0 Å². The fourth-order valence-corrected chi connectivity index (χ4v) is 7.85. The Morgan fingerprint density at radius 2 is 0.809 bits per heavy atom. The smallest absolute Gasteiger partial charge is 0.146 e. The number of hydrogen-bond acceptors (Lipinski definition) is 2. The maximum Gasteiger partial charge on any atom is 0.146 e. The molecule has 0 amide bonds. The van der Waals surface area contributed by atoms with Crippen molar-refractivity contribution in [3.05, 3.63) is 152 Å². The quantitative estimate of drug-likeness (QED) is 0.186. The molecule has 0 saturated carbocycles. The van der Waals surface area contributed by atoms with Crippen LogP contribution in [-0.2, 0) is 0 Å². The van der Waals surface area contributed by atoms with Crippen molar-refractivity contribution in [3.63, 3.8) is 0 Å². The van der Waals surface area contributed by atoms with Gasteiger partial charge in [0.1, 0.15) is 17.3 Å². The molecule has 5 aromatic heterocycles. The van der Waals surface area contributed by atoms with Crippen LogP contribution in [0.25, 0.3) is 93.6 Å². The second kappa shape index (κ2) is 9.05. The number of rotatable bonds is 2. The van der Waals surface area contributed by atoms with Crippen molar-refractivity contribution in [1.29, 1.82) is 0 Å². The Kier molecular flexibility index (Phi) is 4.78. The topological polar surface area (TPSA) is 40.0 Å². The number of fused-ring (bicyclic) bond motifs is 14. The molecule has 0 atom stereocenters. The first kappa shape index (κ1) is 24.8. The molecule has 6 aromatic carbocycles. The fourth-order valence-electron chi connectivity index (χ4n) is 7.85. The molecule has 11 rings (SSSR count). The van der Waals surface area contributed by atoms with E-state index >= 15 is 0 Å². The van der Waals surface area contributed by atoms with E-state index in [9.17, 15) is 0 Å². The Hall–Kier alpha value is -6.46. The number of hydrogen-bond donors (Lipinski definition) is 0. The monoisotopic (exact) mass is 599 g/mol. The molecule has 0 unspecified atom stereocenters. The molecule has 5 heterocycles. The lowest BCUT2D eigenvalue weighted by molar-refractivity contribution is 1.01. The van der Waals surface area contributed by atoms with Crippen LogP contribution < -0.4 is 0 Å². The Balaban J connectivity index is 1.27. The molecular weight excluding hydrogens is 574 g/mol. The average Bonchev–Trinajstić information content (AvgIpc) is 3.79. The van der Waals surface area contributed by atoms with E-state index in [0.29, 0.717) is 0 Å². The number of imidazole rings is 1. The summed E-state index contributed by atoms with van der Waals surface area (Å²) in [4.78, 5) is 10.5. The summed E-state index contributed by atoms with van der Waals surface area (Å²) in [5.74, 6) is 1.77. The predicted octanol–water partition coefficient (Wildman–Crippen LogP) is 10.4. The number of aromatic nitrogens is 5. The molecular formula is C42H25N5. The number of pyridine rings is 2. The molecule has 0 aliphatic rings. The third kappa shape index (κ3) is 3.27. The van der Waals surface area contributed by atoms with Gasteiger partial charge in [0.25, 0.3) is 0 Å². The van der Waals surface area contributed by atoms with Crippen LogP contribution >= 0.6 is 0 Å².